The van der Waals surface area contributed by atoms with Crippen LogP contribution in [0.5, 0.6) is 0 Å². The van der Waals surface area contributed by atoms with Crippen molar-refractivity contribution in [3.8, 4) is 0 Å². The lowest BCUT2D eigenvalue weighted by molar-refractivity contribution is -0.170. The maximum absolute atomic E-state index is 12.6. The molecule has 0 fully saturated rings. The number of hydrogen-bond acceptors (Lipinski definition) is 1. The molecule has 1 aromatic rings. The Morgan fingerprint density at radius 3 is 2.23 bits per heavy atom. The highest BCUT2D eigenvalue weighted by molar-refractivity contribution is 14.1. The van der Waals surface area contributed by atoms with Crippen molar-refractivity contribution in [3.05, 3.63) is 39.5 Å². The molecule has 0 aromatic heterocycles. The number of allylic oxidation sites excluding steroid dienone is 1. The van der Waals surface area contributed by atoms with Crippen LogP contribution in [0.1, 0.15) is 12.5 Å². The van der Waals surface area contributed by atoms with Gasteiger partial charge in [0.05, 0.1) is 11.3 Å². The number of anilines is 1. The first kappa shape index (κ1) is 18.8. The average molecular weight is 437 g/mol. The predicted molar refractivity (Wildman–Crippen MR) is 77.4 cm³/mol. The molecule has 0 saturated carbocycles. The minimum atomic E-state index is -5.12. The van der Waals surface area contributed by atoms with E-state index in [0.29, 0.717) is 17.0 Å². The van der Waals surface area contributed by atoms with Gasteiger partial charge >= 0.3 is 18.3 Å². The average Bonchev–Trinajstić information content (AvgIpc) is 2.38. The van der Waals surface area contributed by atoms with Crippen molar-refractivity contribution < 1.29 is 31.1 Å². The summed E-state index contributed by atoms with van der Waals surface area (Å²) in [6.07, 6.45) is -6.99. The largest absolute Gasteiger partial charge is 0.471 e. The summed E-state index contributed by atoms with van der Waals surface area (Å²) >= 11 is 1.47. The van der Waals surface area contributed by atoms with E-state index in [4.69, 9.17) is 0 Å². The number of alkyl halides is 6. The second-order valence-electron chi connectivity index (χ2n) is 4.15. The van der Waals surface area contributed by atoms with Crippen molar-refractivity contribution in [1.82, 2.24) is 0 Å². The smallest absolute Gasteiger partial charge is 0.300 e. The summed E-state index contributed by atoms with van der Waals surface area (Å²) in [4.78, 5) is 11.8. The molecule has 0 aliphatic carbocycles. The number of carbonyl (C=O) groups is 1. The molecule has 0 unspecified atom stereocenters. The van der Waals surface area contributed by atoms with E-state index >= 15 is 0 Å². The molecule has 1 aromatic carbocycles. The van der Waals surface area contributed by atoms with Crippen LogP contribution in [-0.4, -0.2) is 18.6 Å². The van der Waals surface area contributed by atoms with Gasteiger partial charge in [-0.05, 0) is 47.7 Å². The van der Waals surface area contributed by atoms with Crippen LogP contribution in [0, 0.1) is 3.57 Å². The normalized spacial score (nSPS) is 12.7. The third kappa shape index (κ3) is 4.62. The summed E-state index contributed by atoms with van der Waals surface area (Å²) in [7, 11) is 0. The van der Waals surface area contributed by atoms with E-state index in [1.165, 1.54) is 34.7 Å². The predicted octanol–water partition coefficient (Wildman–Crippen LogP) is 4.78. The third-order valence-corrected chi connectivity index (χ3v) is 3.44. The molecule has 22 heavy (non-hydrogen) atoms. The molecule has 0 bridgehead atoms. The summed E-state index contributed by atoms with van der Waals surface area (Å²) < 4.78 is 75.5. The summed E-state index contributed by atoms with van der Waals surface area (Å²) in [5.74, 6) is -2.14. The number of hydrogen-bond donors (Lipinski definition) is 0. The van der Waals surface area contributed by atoms with Gasteiger partial charge in [-0.3, -0.25) is 9.69 Å². The summed E-state index contributed by atoms with van der Waals surface area (Å²) in [5.41, 5.74) is -1.22. The van der Waals surface area contributed by atoms with Crippen LogP contribution < -0.4 is 4.90 Å². The van der Waals surface area contributed by atoms with Gasteiger partial charge in [-0.2, -0.15) is 26.3 Å². The van der Waals surface area contributed by atoms with Gasteiger partial charge in [0, 0.05) is 10.1 Å². The van der Waals surface area contributed by atoms with Gasteiger partial charge in [0.15, 0.2) is 0 Å². The fraction of sp³-hybridized carbons (Fsp3) is 0.308. The Labute approximate surface area is 135 Å². The lowest BCUT2D eigenvalue weighted by Gasteiger charge is -2.24. The number of benzene rings is 1. The van der Waals surface area contributed by atoms with Gasteiger partial charge in [-0.1, -0.05) is 12.2 Å². The van der Waals surface area contributed by atoms with Gasteiger partial charge in [0.2, 0.25) is 0 Å². The topological polar surface area (TPSA) is 20.3 Å². The monoisotopic (exact) mass is 437 g/mol. The van der Waals surface area contributed by atoms with E-state index in [1.807, 2.05) is 0 Å². The molecule has 1 amide bonds. The van der Waals surface area contributed by atoms with Crippen LogP contribution in [-0.2, 0) is 11.0 Å². The Bertz CT molecular complexity index is 579. The fourth-order valence-corrected chi connectivity index (χ4v) is 2.36. The quantitative estimate of drug-likeness (QED) is 0.379. The number of amides is 1. The van der Waals surface area contributed by atoms with Crippen LogP contribution in [0.2, 0.25) is 0 Å². The lowest BCUT2D eigenvalue weighted by Crippen LogP contribution is -2.41. The zero-order valence-electron chi connectivity index (χ0n) is 11.1. The highest BCUT2D eigenvalue weighted by Gasteiger charge is 2.43. The number of carbonyl (C=O) groups excluding carboxylic acids is 1. The molecule has 0 heterocycles. The van der Waals surface area contributed by atoms with Crippen LogP contribution in [0.4, 0.5) is 32.0 Å². The molecule has 0 aliphatic heterocycles. The van der Waals surface area contributed by atoms with Crippen LogP contribution in [0.3, 0.4) is 0 Å². The van der Waals surface area contributed by atoms with E-state index < -0.39 is 30.4 Å². The van der Waals surface area contributed by atoms with Gasteiger partial charge in [-0.25, -0.2) is 0 Å². The second-order valence-corrected chi connectivity index (χ2v) is 5.31. The van der Waals surface area contributed by atoms with Gasteiger partial charge in [0.25, 0.3) is 0 Å². The molecule has 2 nitrogen and oxygen atoms in total. The standard InChI is InChI=1S/C13H10F6INO/c1-2-3-6-21(11(22)13(17,18)19)10-5-4-8(7-9(10)20)12(14,15)16/h2-5,7H,6H2,1H3. The first-order chi connectivity index (χ1) is 9.98. The Kier molecular flexibility index (Phi) is 5.88. The number of rotatable bonds is 3. The molecule has 0 atom stereocenters. The highest BCUT2D eigenvalue weighted by atomic mass is 127. The lowest BCUT2D eigenvalue weighted by atomic mass is 10.2. The molecule has 9 heteroatoms. The van der Waals surface area contributed by atoms with Gasteiger partial charge in [0.1, 0.15) is 0 Å². The van der Waals surface area contributed by atoms with E-state index in [0.717, 1.165) is 6.07 Å². The minimum absolute atomic E-state index is 0.102. The van der Waals surface area contributed by atoms with Crippen molar-refractivity contribution in [2.45, 2.75) is 19.3 Å². The summed E-state index contributed by atoms with van der Waals surface area (Å²) in [5, 5.41) is 0. The fourth-order valence-electron chi connectivity index (χ4n) is 1.56. The molecule has 0 spiro atoms. The van der Waals surface area contributed by atoms with Crippen molar-refractivity contribution in [2.24, 2.45) is 0 Å². The van der Waals surface area contributed by atoms with Crippen molar-refractivity contribution >= 4 is 34.2 Å². The zero-order valence-corrected chi connectivity index (χ0v) is 13.3. The van der Waals surface area contributed by atoms with Crippen LogP contribution in [0.15, 0.2) is 30.4 Å². The molecule has 0 saturated heterocycles. The molecule has 1 rings (SSSR count). The van der Waals surface area contributed by atoms with Crippen LogP contribution >= 0.6 is 22.6 Å². The van der Waals surface area contributed by atoms with Crippen molar-refractivity contribution in [3.63, 3.8) is 0 Å². The van der Waals surface area contributed by atoms with Crippen molar-refractivity contribution in [1.29, 1.82) is 0 Å². The first-order valence-corrected chi connectivity index (χ1v) is 6.93. The second kappa shape index (κ2) is 6.88. The van der Waals surface area contributed by atoms with Gasteiger partial charge in [-0.15, -0.1) is 0 Å². The van der Waals surface area contributed by atoms with E-state index in [9.17, 15) is 31.1 Å². The Morgan fingerprint density at radius 1 is 1.23 bits per heavy atom. The third-order valence-electron chi connectivity index (χ3n) is 2.58. The SMILES string of the molecule is CC=CCN(C(=O)C(F)(F)F)c1ccc(C(F)(F)F)cc1I. The maximum atomic E-state index is 12.6. The zero-order chi connectivity index (χ0) is 17.1. The molecule has 0 radical (unpaired) electrons. The Morgan fingerprint density at radius 2 is 1.82 bits per heavy atom. The molecule has 0 N–H and O–H groups in total. The van der Waals surface area contributed by atoms with E-state index in [1.54, 1.807) is 6.92 Å². The first-order valence-electron chi connectivity index (χ1n) is 5.85. The summed E-state index contributed by atoms with van der Waals surface area (Å²) in [6, 6.07) is 2.20. The Hall–Kier alpha value is -1.26. The molecular formula is C13H10F6INO. The maximum Gasteiger partial charge on any atom is 0.471 e. The number of halogens is 7. The van der Waals surface area contributed by atoms with E-state index in [2.05, 4.69) is 0 Å². The van der Waals surface area contributed by atoms with Crippen LogP contribution in [0.25, 0.3) is 0 Å². The summed E-state index contributed by atoms with van der Waals surface area (Å²) in [6.45, 7) is 1.16. The van der Waals surface area contributed by atoms with E-state index in [-0.39, 0.29) is 9.26 Å². The Balaban J connectivity index is 3.29. The molecule has 0 aliphatic rings. The molecular weight excluding hydrogens is 427 g/mol. The highest BCUT2D eigenvalue weighted by Crippen LogP contribution is 2.34. The number of nitrogens with zero attached hydrogens (tertiary/aromatic N) is 1. The minimum Gasteiger partial charge on any atom is -0.300 e. The van der Waals surface area contributed by atoms with Crippen molar-refractivity contribution in [2.75, 3.05) is 11.4 Å². The van der Waals surface area contributed by atoms with Gasteiger partial charge < -0.3 is 0 Å². The molecule has 122 valence electrons.